The largest absolute Gasteiger partial charge is 0.380 e. The van der Waals surface area contributed by atoms with Gasteiger partial charge in [-0.3, -0.25) is 0 Å². The van der Waals surface area contributed by atoms with Crippen molar-refractivity contribution in [2.24, 2.45) is 0 Å². The minimum atomic E-state index is -3.10. The molecular weight excluding hydrogens is 234 g/mol. The van der Waals surface area contributed by atoms with E-state index < -0.39 is 9.84 Å². The first kappa shape index (κ1) is 14.0. The van der Waals surface area contributed by atoms with Crippen LogP contribution in [0.4, 0.5) is 5.69 Å². The second-order valence-electron chi connectivity index (χ2n) is 4.69. The van der Waals surface area contributed by atoms with Crippen molar-refractivity contribution in [2.75, 3.05) is 11.6 Å². The number of rotatable bonds is 5. The number of anilines is 1. The zero-order valence-corrected chi connectivity index (χ0v) is 11.8. The number of hydrogen-bond acceptors (Lipinski definition) is 3. The Hall–Kier alpha value is -1.03. The zero-order chi connectivity index (χ0) is 13.1. The summed E-state index contributed by atoms with van der Waals surface area (Å²) in [6, 6.07) is 6.92. The van der Waals surface area contributed by atoms with Gasteiger partial charge in [-0.25, -0.2) is 8.42 Å². The smallest absolute Gasteiger partial charge is 0.175 e. The second-order valence-corrected chi connectivity index (χ2v) is 6.71. The lowest BCUT2D eigenvalue weighted by Gasteiger charge is -2.29. The SMILES string of the molecule is CCC(C)(CC)Nc1ccc(S(C)(=O)=O)cc1. The van der Waals surface area contributed by atoms with Crippen LogP contribution in [0.2, 0.25) is 0 Å². The summed E-state index contributed by atoms with van der Waals surface area (Å²) in [5.41, 5.74) is 1.02. The fourth-order valence-electron chi connectivity index (χ4n) is 1.56. The molecule has 0 saturated carbocycles. The highest BCUT2D eigenvalue weighted by atomic mass is 32.2. The Kier molecular flexibility index (Phi) is 4.20. The Balaban J connectivity index is 2.89. The van der Waals surface area contributed by atoms with Gasteiger partial charge in [0.2, 0.25) is 0 Å². The molecule has 1 rings (SSSR count). The molecule has 1 aromatic rings. The van der Waals surface area contributed by atoms with Crippen LogP contribution in [0.5, 0.6) is 0 Å². The van der Waals surface area contributed by atoms with Crippen LogP contribution < -0.4 is 5.32 Å². The van der Waals surface area contributed by atoms with E-state index in [1.165, 1.54) is 6.26 Å². The molecule has 0 amide bonds. The van der Waals surface area contributed by atoms with Crippen molar-refractivity contribution in [1.29, 1.82) is 0 Å². The lowest BCUT2D eigenvalue weighted by atomic mass is 9.95. The van der Waals surface area contributed by atoms with Crippen LogP contribution in [0.1, 0.15) is 33.6 Å². The Morgan fingerprint density at radius 3 is 1.94 bits per heavy atom. The molecule has 0 radical (unpaired) electrons. The van der Waals surface area contributed by atoms with Crippen LogP contribution in [0.3, 0.4) is 0 Å². The first-order valence-electron chi connectivity index (χ1n) is 5.89. The predicted molar refractivity (Wildman–Crippen MR) is 72.2 cm³/mol. The second kappa shape index (κ2) is 5.08. The van der Waals surface area contributed by atoms with Crippen LogP contribution in [-0.4, -0.2) is 20.2 Å². The van der Waals surface area contributed by atoms with Crippen molar-refractivity contribution in [2.45, 2.75) is 44.0 Å². The van der Waals surface area contributed by atoms with Crippen molar-refractivity contribution < 1.29 is 8.42 Å². The predicted octanol–water partition coefficient (Wildman–Crippen LogP) is 3.08. The van der Waals surface area contributed by atoms with Crippen molar-refractivity contribution in [3.05, 3.63) is 24.3 Å². The van der Waals surface area contributed by atoms with E-state index in [0.717, 1.165) is 18.5 Å². The molecule has 0 spiro atoms. The summed E-state index contributed by atoms with van der Waals surface area (Å²) < 4.78 is 22.6. The van der Waals surface area contributed by atoms with E-state index in [4.69, 9.17) is 0 Å². The average molecular weight is 255 g/mol. The van der Waals surface area contributed by atoms with E-state index >= 15 is 0 Å². The van der Waals surface area contributed by atoms with E-state index in [1.54, 1.807) is 12.1 Å². The van der Waals surface area contributed by atoms with Crippen LogP contribution in [-0.2, 0) is 9.84 Å². The van der Waals surface area contributed by atoms with Crippen LogP contribution in [0.25, 0.3) is 0 Å². The van der Waals surface area contributed by atoms with Crippen molar-refractivity contribution >= 4 is 15.5 Å². The molecule has 3 nitrogen and oxygen atoms in total. The van der Waals surface area contributed by atoms with Gasteiger partial charge in [-0.1, -0.05) is 13.8 Å². The third-order valence-electron chi connectivity index (χ3n) is 3.29. The van der Waals surface area contributed by atoms with Crippen molar-refractivity contribution in [3.8, 4) is 0 Å². The highest BCUT2D eigenvalue weighted by molar-refractivity contribution is 7.90. The molecule has 0 aliphatic heterocycles. The molecule has 0 aliphatic rings. The summed E-state index contributed by atoms with van der Waals surface area (Å²) in [5.74, 6) is 0. The van der Waals surface area contributed by atoms with Gasteiger partial charge in [0, 0.05) is 17.5 Å². The maximum absolute atomic E-state index is 11.3. The fourth-order valence-corrected chi connectivity index (χ4v) is 2.19. The Morgan fingerprint density at radius 2 is 1.59 bits per heavy atom. The molecule has 0 fully saturated rings. The van der Waals surface area contributed by atoms with Gasteiger partial charge in [-0.15, -0.1) is 0 Å². The molecular formula is C13H21NO2S. The Bertz CT molecular complexity index is 459. The summed E-state index contributed by atoms with van der Waals surface area (Å²) in [5, 5.41) is 3.44. The molecule has 17 heavy (non-hydrogen) atoms. The van der Waals surface area contributed by atoms with Gasteiger partial charge in [0.25, 0.3) is 0 Å². The van der Waals surface area contributed by atoms with E-state index in [-0.39, 0.29) is 5.54 Å². The number of sulfone groups is 1. The summed E-state index contributed by atoms with van der Waals surface area (Å²) in [6.45, 7) is 6.44. The van der Waals surface area contributed by atoms with Gasteiger partial charge >= 0.3 is 0 Å². The van der Waals surface area contributed by atoms with Gasteiger partial charge in [0.05, 0.1) is 4.90 Å². The first-order valence-corrected chi connectivity index (χ1v) is 7.78. The quantitative estimate of drug-likeness (QED) is 0.879. The molecule has 4 heteroatoms. The lowest BCUT2D eigenvalue weighted by Crippen LogP contribution is -2.32. The molecule has 0 heterocycles. The fraction of sp³-hybridized carbons (Fsp3) is 0.538. The zero-order valence-electron chi connectivity index (χ0n) is 10.9. The first-order chi connectivity index (χ1) is 7.80. The van der Waals surface area contributed by atoms with Crippen LogP contribution >= 0.6 is 0 Å². The topological polar surface area (TPSA) is 46.2 Å². The molecule has 1 N–H and O–H groups in total. The Labute approximate surface area is 104 Å². The highest BCUT2D eigenvalue weighted by Gasteiger charge is 2.18. The van der Waals surface area contributed by atoms with Crippen molar-refractivity contribution in [1.82, 2.24) is 0 Å². The van der Waals surface area contributed by atoms with E-state index in [2.05, 4.69) is 26.1 Å². The standard InChI is InChI=1S/C13H21NO2S/c1-5-13(3,6-2)14-11-7-9-12(10-8-11)17(4,15)16/h7-10,14H,5-6H2,1-4H3. The third-order valence-corrected chi connectivity index (χ3v) is 4.42. The lowest BCUT2D eigenvalue weighted by molar-refractivity contribution is 0.478. The minimum absolute atomic E-state index is 0.0621. The third kappa shape index (κ3) is 3.73. The number of benzene rings is 1. The molecule has 0 bridgehead atoms. The molecule has 0 saturated heterocycles. The molecule has 0 atom stereocenters. The van der Waals surface area contributed by atoms with Gasteiger partial charge < -0.3 is 5.32 Å². The maximum atomic E-state index is 11.3. The minimum Gasteiger partial charge on any atom is -0.380 e. The molecule has 0 aromatic heterocycles. The normalized spacial score (nSPS) is 12.5. The Morgan fingerprint density at radius 1 is 1.12 bits per heavy atom. The highest BCUT2D eigenvalue weighted by Crippen LogP contribution is 2.22. The summed E-state index contributed by atoms with van der Waals surface area (Å²) >= 11 is 0. The molecule has 0 unspecified atom stereocenters. The molecule has 1 aromatic carbocycles. The van der Waals surface area contributed by atoms with E-state index in [9.17, 15) is 8.42 Å². The maximum Gasteiger partial charge on any atom is 0.175 e. The number of hydrogen-bond donors (Lipinski definition) is 1. The monoisotopic (exact) mass is 255 g/mol. The summed E-state index contributed by atoms with van der Waals surface area (Å²) in [6.07, 6.45) is 3.27. The molecule has 96 valence electrons. The van der Waals surface area contributed by atoms with Gasteiger partial charge in [0.15, 0.2) is 9.84 Å². The van der Waals surface area contributed by atoms with Gasteiger partial charge in [-0.2, -0.15) is 0 Å². The van der Waals surface area contributed by atoms with Crippen molar-refractivity contribution in [3.63, 3.8) is 0 Å². The average Bonchev–Trinajstić information content (AvgIpc) is 2.28. The van der Waals surface area contributed by atoms with Gasteiger partial charge in [0.1, 0.15) is 0 Å². The molecule has 0 aliphatic carbocycles. The summed E-state index contributed by atoms with van der Waals surface area (Å²) in [4.78, 5) is 0.359. The van der Waals surface area contributed by atoms with E-state index in [1.807, 2.05) is 12.1 Å². The van der Waals surface area contributed by atoms with Crippen LogP contribution in [0.15, 0.2) is 29.2 Å². The van der Waals surface area contributed by atoms with Gasteiger partial charge in [-0.05, 0) is 44.0 Å². The van der Waals surface area contributed by atoms with Crippen LogP contribution in [0, 0.1) is 0 Å². The number of nitrogens with one attached hydrogen (secondary N) is 1. The summed E-state index contributed by atoms with van der Waals surface area (Å²) in [7, 11) is -3.10. The van der Waals surface area contributed by atoms with E-state index in [0.29, 0.717) is 4.90 Å².